The van der Waals surface area contributed by atoms with Gasteiger partial charge in [0.25, 0.3) is 5.56 Å². The molecule has 0 aliphatic heterocycles. The van der Waals surface area contributed by atoms with Gasteiger partial charge in [-0.05, 0) is 68.9 Å². The molecule has 174 valence electrons. The SMILES string of the molecule is CCOC(=O)c1c(NC(=O)Cn2nnc3sc4c(c3c2=O)CC[C@@H](C)C4)sc2c1CCCC2. The molecule has 0 radical (unpaired) electrons. The number of aryl methyl sites for hydroxylation is 2. The van der Waals surface area contributed by atoms with Crippen LogP contribution in [-0.4, -0.2) is 33.5 Å². The zero-order valence-electron chi connectivity index (χ0n) is 18.7. The third-order valence-corrected chi connectivity index (χ3v) is 8.73. The first-order valence-corrected chi connectivity index (χ1v) is 13.1. The van der Waals surface area contributed by atoms with Gasteiger partial charge in [0.1, 0.15) is 11.5 Å². The van der Waals surface area contributed by atoms with Gasteiger partial charge >= 0.3 is 5.97 Å². The first-order chi connectivity index (χ1) is 16.0. The van der Waals surface area contributed by atoms with Crippen LogP contribution >= 0.6 is 22.7 Å². The molecule has 2 aliphatic carbocycles. The second kappa shape index (κ2) is 8.98. The summed E-state index contributed by atoms with van der Waals surface area (Å²) in [7, 11) is 0. The summed E-state index contributed by atoms with van der Waals surface area (Å²) in [4.78, 5) is 41.7. The second-order valence-electron chi connectivity index (χ2n) is 8.77. The molecule has 3 heterocycles. The normalized spacial score (nSPS) is 17.5. The first-order valence-electron chi connectivity index (χ1n) is 11.5. The van der Waals surface area contributed by atoms with Crippen molar-refractivity contribution in [3.8, 4) is 0 Å². The van der Waals surface area contributed by atoms with Gasteiger partial charge in [-0.25, -0.2) is 9.48 Å². The van der Waals surface area contributed by atoms with Crippen LogP contribution in [0.1, 0.15) is 64.3 Å². The standard InChI is InChI=1S/C23H26N4O4S2/c1-3-31-23(30)19-13-6-4-5-7-15(13)32-20(19)24-17(28)11-27-22(29)18-14-9-8-12(2)10-16(14)33-21(18)25-26-27/h12H,3-11H2,1-2H3,(H,24,28)/t12-/m1/s1. The van der Waals surface area contributed by atoms with Gasteiger partial charge in [0.05, 0.1) is 17.6 Å². The van der Waals surface area contributed by atoms with Crippen LogP contribution in [0.25, 0.3) is 10.2 Å². The van der Waals surface area contributed by atoms with E-state index in [-0.39, 0.29) is 18.7 Å². The van der Waals surface area contributed by atoms with Gasteiger partial charge in [-0.2, -0.15) is 0 Å². The summed E-state index contributed by atoms with van der Waals surface area (Å²) in [5.41, 5.74) is 2.23. The van der Waals surface area contributed by atoms with E-state index >= 15 is 0 Å². The van der Waals surface area contributed by atoms with Crippen molar-refractivity contribution in [3.05, 3.63) is 36.8 Å². The summed E-state index contributed by atoms with van der Waals surface area (Å²) in [6.45, 7) is 3.99. The molecular weight excluding hydrogens is 460 g/mol. The largest absolute Gasteiger partial charge is 0.462 e. The topological polar surface area (TPSA) is 103 Å². The Morgan fingerprint density at radius 1 is 1.15 bits per heavy atom. The zero-order chi connectivity index (χ0) is 23.1. The van der Waals surface area contributed by atoms with Crippen molar-refractivity contribution in [1.29, 1.82) is 0 Å². The lowest BCUT2D eigenvalue weighted by atomic mass is 9.89. The van der Waals surface area contributed by atoms with Crippen LogP contribution in [0.2, 0.25) is 0 Å². The number of carbonyl (C=O) groups excluding carboxylic acids is 2. The fraction of sp³-hybridized carbons (Fsp3) is 0.522. The van der Waals surface area contributed by atoms with Crippen molar-refractivity contribution in [3.63, 3.8) is 0 Å². The molecule has 3 aromatic heterocycles. The van der Waals surface area contributed by atoms with E-state index in [9.17, 15) is 14.4 Å². The third kappa shape index (κ3) is 4.10. The summed E-state index contributed by atoms with van der Waals surface area (Å²) in [6, 6.07) is 0. The Morgan fingerprint density at radius 3 is 2.79 bits per heavy atom. The maximum absolute atomic E-state index is 13.2. The van der Waals surface area contributed by atoms with Crippen molar-refractivity contribution in [2.45, 2.75) is 65.3 Å². The summed E-state index contributed by atoms with van der Waals surface area (Å²) in [6.07, 6.45) is 6.63. The van der Waals surface area contributed by atoms with E-state index in [1.807, 2.05) is 0 Å². The van der Waals surface area contributed by atoms with E-state index in [2.05, 4.69) is 22.6 Å². The Balaban J connectivity index is 1.42. The number of ether oxygens (including phenoxy) is 1. The number of amides is 1. The molecule has 0 saturated carbocycles. The molecular formula is C23H26N4O4S2. The zero-order valence-corrected chi connectivity index (χ0v) is 20.4. The van der Waals surface area contributed by atoms with E-state index in [1.54, 1.807) is 6.92 Å². The number of nitrogens with one attached hydrogen (secondary N) is 1. The predicted octanol–water partition coefficient (Wildman–Crippen LogP) is 3.73. The number of aromatic nitrogens is 3. The Labute approximate surface area is 199 Å². The van der Waals surface area contributed by atoms with Crippen molar-refractivity contribution in [2.24, 2.45) is 5.92 Å². The molecule has 0 aromatic carbocycles. The average Bonchev–Trinajstić information content (AvgIpc) is 3.33. The lowest BCUT2D eigenvalue weighted by molar-refractivity contribution is -0.117. The van der Waals surface area contributed by atoms with E-state index in [4.69, 9.17) is 4.74 Å². The number of hydrogen-bond acceptors (Lipinski definition) is 8. The molecule has 1 amide bonds. The van der Waals surface area contributed by atoms with Gasteiger partial charge in [-0.15, -0.1) is 27.8 Å². The van der Waals surface area contributed by atoms with Crippen LogP contribution < -0.4 is 10.9 Å². The maximum Gasteiger partial charge on any atom is 0.341 e. The van der Waals surface area contributed by atoms with Crippen LogP contribution in [0.4, 0.5) is 5.00 Å². The maximum atomic E-state index is 13.2. The van der Waals surface area contributed by atoms with E-state index in [1.165, 1.54) is 27.6 Å². The number of nitrogens with zero attached hydrogens (tertiary/aromatic N) is 3. The minimum Gasteiger partial charge on any atom is -0.462 e. The van der Waals surface area contributed by atoms with Crippen molar-refractivity contribution < 1.29 is 14.3 Å². The molecule has 5 rings (SSSR count). The molecule has 33 heavy (non-hydrogen) atoms. The summed E-state index contributed by atoms with van der Waals surface area (Å²) < 4.78 is 6.38. The molecule has 0 fully saturated rings. The lowest BCUT2D eigenvalue weighted by Crippen LogP contribution is -2.31. The summed E-state index contributed by atoms with van der Waals surface area (Å²) >= 11 is 2.96. The van der Waals surface area contributed by atoms with Gasteiger partial charge < -0.3 is 10.1 Å². The molecule has 8 nitrogen and oxygen atoms in total. The third-order valence-electron chi connectivity index (χ3n) is 6.38. The highest BCUT2D eigenvalue weighted by Gasteiger charge is 2.28. The minimum atomic E-state index is -0.412. The fourth-order valence-corrected chi connectivity index (χ4v) is 7.38. The van der Waals surface area contributed by atoms with Crippen molar-refractivity contribution in [1.82, 2.24) is 15.0 Å². The number of esters is 1. The molecule has 2 aliphatic rings. The van der Waals surface area contributed by atoms with Crippen LogP contribution in [0.3, 0.4) is 0 Å². The summed E-state index contributed by atoms with van der Waals surface area (Å²) in [5.74, 6) is -0.228. The monoisotopic (exact) mass is 486 g/mol. The lowest BCUT2D eigenvalue weighted by Gasteiger charge is -2.17. The summed E-state index contributed by atoms with van der Waals surface area (Å²) in [5, 5.41) is 12.2. The van der Waals surface area contributed by atoms with Crippen molar-refractivity contribution >= 4 is 49.8 Å². The van der Waals surface area contributed by atoms with Crippen LogP contribution in [0, 0.1) is 5.92 Å². The number of carbonyl (C=O) groups is 2. The number of thiophene rings is 2. The Hall–Kier alpha value is -2.59. The molecule has 1 N–H and O–H groups in total. The minimum absolute atomic E-state index is 0.256. The number of anilines is 1. The highest BCUT2D eigenvalue weighted by molar-refractivity contribution is 7.18. The van der Waals surface area contributed by atoms with Crippen LogP contribution in [-0.2, 0) is 41.8 Å². The predicted molar refractivity (Wildman–Crippen MR) is 128 cm³/mol. The van der Waals surface area contributed by atoms with Gasteiger partial charge in [0, 0.05) is 9.75 Å². The highest BCUT2D eigenvalue weighted by atomic mass is 32.1. The van der Waals surface area contributed by atoms with Crippen LogP contribution in [0.5, 0.6) is 0 Å². The fourth-order valence-electron chi connectivity index (χ4n) is 4.77. The molecule has 0 bridgehead atoms. The highest BCUT2D eigenvalue weighted by Crippen LogP contribution is 2.39. The van der Waals surface area contributed by atoms with Gasteiger partial charge in [0.2, 0.25) is 5.91 Å². The number of rotatable bonds is 5. The molecule has 0 unspecified atom stereocenters. The van der Waals surface area contributed by atoms with Crippen LogP contribution in [0.15, 0.2) is 4.79 Å². The average molecular weight is 487 g/mol. The molecule has 0 spiro atoms. The van der Waals surface area contributed by atoms with Gasteiger partial charge in [0.15, 0.2) is 4.83 Å². The van der Waals surface area contributed by atoms with E-state index in [0.717, 1.165) is 65.6 Å². The quantitative estimate of drug-likeness (QED) is 0.551. The Kier molecular flexibility index (Phi) is 6.05. The molecule has 1 atom stereocenters. The van der Waals surface area contributed by atoms with Crippen molar-refractivity contribution in [2.75, 3.05) is 11.9 Å². The molecule has 0 saturated heterocycles. The molecule has 3 aromatic rings. The van der Waals surface area contributed by atoms with E-state index < -0.39 is 11.9 Å². The number of hydrogen-bond donors (Lipinski definition) is 1. The first kappa shape index (κ1) is 22.2. The number of fused-ring (bicyclic) bond motifs is 4. The second-order valence-corrected chi connectivity index (χ2v) is 11.0. The van der Waals surface area contributed by atoms with Gasteiger partial charge in [-0.1, -0.05) is 12.1 Å². The Morgan fingerprint density at radius 2 is 1.97 bits per heavy atom. The smallest absolute Gasteiger partial charge is 0.341 e. The Bertz CT molecular complexity index is 1310. The van der Waals surface area contributed by atoms with E-state index in [0.29, 0.717) is 26.7 Å². The molecule has 10 heteroatoms. The van der Waals surface area contributed by atoms with Gasteiger partial charge in [-0.3, -0.25) is 9.59 Å².